The molecule has 1 fully saturated rings. The molecule has 2 aliphatic rings. The van der Waals surface area contributed by atoms with E-state index in [1.165, 1.54) is 12.1 Å². The highest BCUT2D eigenvalue weighted by Gasteiger charge is 2.27. The van der Waals surface area contributed by atoms with Crippen molar-refractivity contribution in [3.8, 4) is 17.1 Å². The van der Waals surface area contributed by atoms with Gasteiger partial charge in [-0.3, -0.25) is 4.79 Å². The Hall–Kier alpha value is -3.46. The number of rotatable bonds is 1. The molecule has 1 saturated heterocycles. The number of sulfonamides is 1. The first-order valence-electron chi connectivity index (χ1n) is 11.3. The smallest absolute Gasteiger partial charge is 0.264 e. The number of nitrogens with zero attached hydrogens (tertiary/aromatic N) is 3. The van der Waals surface area contributed by atoms with Gasteiger partial charge in [0.1, 0.15) is 6.10 Å². The number of anilines is 1. The van der Waals surface area contributed by atoms with E-state index in [0.717, 1.165) is 36.0 Å². The minimum absolute atomic E-state index is 0.0208. The summed E-state index contributed by atoms with van der Waals surface area (Å²) in [5.74, 6) is -0.00645. The van der Waals surface area contributed by atoms with E-state index in [4.69, 9.17) is 4.74 Å². The maximum absolute atomic E-state index is 13.2. The van der Waals surface area contributed by atoms with Crippen LogP contribution in [0.5, 0.6) is 5.88 Å². The molecule has 0 radical (unpaired) electrons. The lowest BCUT2D eigenvalue weighted by Gasteiger charge is -2.25. The first-order chi connectivity index (χ1) is 16.3. The van der Waals surface area contributed by atoms with Gasteiger partial charge in [0.05, 0.1) is 17.1 Å². The van der Waals surface area contributed by atoms with Gasteiger partial charge >= 0.3 is 0 Å². The number of hydrogen-bond acceptors (Lipinski definition) is 6. The van der Waals surface area contributed by atoms with E-state index in [9.17, 15) is 13.2 Å². The van der Waals surface area contributed by atoms with E-state index < -0.39 is 10.0 Å². The van der Waals surface area contributed by atoms with Gasteiger partial charge in [0.25, 0.3) is 15.9 Å². The fourth-order valence-electron chi connectivity index (χ4n) is 4.59. The van der Waals surface area contributed by atoms with E-state index in [-0.39, 0.29) is 28.7 Å². The summed E-state index contributed by atoms with van der Waals surface area (Å²) in [5, 5.41) is 0. The number of aryl methyl sites for hydroxylation is 2. The first-order valence-corrected chi connectivity index (χ1v) is 12.8. The molecule has 0 aliphatic carbocycles. The Morgan fingerprint density at radius 1 is 1.03 bits per heavy atom. The summed E-state index contributed by atoms with van der Waals surface area (Å²) in [6.45, 7) is 4.97. The molecule has 2 aromatic carbocycles. The Labute approximate surface area is 199 Å². The summed E-state index contributed by atoms with van der Waals surface area (Å²) in [6, 6.07) is 13.7. The molecular formula is C25H26N4O4S. The predicted molar refractivity (Wildman–Crippen MR) is 128 cm³/mol. The zero-order valence-electron chi connectivity index (χ0n) is 19.1. The molecule has 1 N–H and O–H groups in total. The summed E-state index contributed by atoms with van der Waals surface area (Å²) < 4.78 is 35.1. The van der Waals surface area contributed by atoms with Crippen LogP contribution in [0.4, 0.5) is 5.95 Å². The van der Waals surface area contributed by atoms with Crippen molar-refractivity contribution in [2.24, 2.45) is 0 Å². The van der Waals surface area contributed by atoms with Crippen molar-refractivity contribution >= 4 is 21.9 Å². The monoisotopic (exact) mass is 478 g/mol. The van der Waals surface area contributed by atoms with E-state index in [2.05, 4.69) is 14.7 Å². The summed E-state index contributed by atoms with van der Waals surface area (Å²) in [7, 11) is -4.03. The number of amides is 1. The van der Waals surface area contributed by atoms with Crippen molar-refractivity contribution in [3.63, 3.8) is 0 Å². The summed E-state index contributed by atoms with van der Waals surface area (Å²) >= 11 is 0. The Balaban J connectivity index is 1.68. The molecule has 1 atom stereocenters. The number of ether oxygens (including phenoxy) is 1. The minimum Gasteiger partial charge on any atom is -0.472 e. The summed E-state index contributed by atoms with van der Waals surface area (Å²) in [6.07, 6.45) is 2.28. The van der Waals surface area contributed by atoms with Crippen LogP contribution in [0.2, 0.25) is 0 Å². The average molecular weight is 479 g/mol. The molecule has 1 amide bonds. The fraction of sp³-hybridized carbons (Fsp3) is 0.320. The quantitative estimate of drug-likeness (QED) is 0.568. The van der Waals surface area contributed by atoms with Gasteiger partial charge in [-0.1, -0.05) is 24.3 Å². The topological polar surface area (TPSA) is 101 Å². The SMILES string of the molecule is Cc1cccc(C)c1-c1cc2nc(n1)NS(=O)(=O)c1cccc(c1)C(=O)N1CCCC[C@H](C1)O2. The highest BCUT2D eigenvalue weighted by Crippen LogP contribution is 2.30. The maximum Gasteiger partial charge on any atom is 0.264 e. The molecule has 6 bridgehead atoms. The third-order valence-electron chi connectivity index (χ3n) is 6.26. The van der Waals surface area contributed by atoms with Crippen LogP contribution in [-0.4, -0.2) is 48.4 Å². The maximum atomic E-state index is 13.2. The highest BCUT2D eigenvalue weighted by molar-refractivity contribution is 7.92. The zero-order chi connectivity index (χ0) is 23.9. The Kier molecular flexibility index (Phi) is 5.73. The third-order valence-corrected chi connectivity index (χ3v) is 7.59. The highest BCUT2D eigenvalue weighted by atomic mass is 32.2. The molecule has 5 rings (SSSR count). The van der Waals surface area contributed by atoms with Gasteiger partial charge in [0.15, 0.2) is 0 Å². The first kappa shape index (κ1) is 22.3. The standard InChI is InChI=1S/C25H26N4O4S/c1-16-7-5-8-17(2)23(16)21-14-22-27-25(26-21)28-34(31,32)20-11-6-9-18(13-20)24(30)29-12-4-3-10-19(15-29)33-22/h5-9,11,13-14,19H,3-4,10,12,15H2,1-2H3,(H,26,27,28)/t19-/m1/s1. The number of carbonyl (C=O) groups excluding carboxylic acids is 1. The van der Waals surface area contributed by atoms with Crippen LogP contribution in [0, 0.1) is 13.8 Å². The number of carbonyl (C=O) groups is 1. The van der Waals surface area contributed by atoms with E-state index >= 15 is 0 Å². The van der Waals surface area contributed by atoms with Crippen molar-refractivity contribution < 1.29 is 17.9 Å². The number of hydrogen-bond donors (Lipinski definition) is 1. The second-order valence-electron chi connectivity index (χ2n) is 8.80. The number of benzene rings is 2. The van der Waals surface area contributed by atoms with E-state index in [1.807, 2.05) is 32.0 Å². The molecular weight excluding hydrogens is 452 g/mol. The van der Waals surface area contributed by atoms with Gasteiger partial charge in [-0.2, -0.15) is 4.98 Å². The fourth-order valence-corrected chi connectivity index (χ4v) is 5.58. The predicted octanol–water partition coefficient (Wildman–Crippen LogP) is 3.95. The van der Waals surface area contributed by atoms with Crippen LogP contribution in [0.3, 0.4) is 0 Å². The molecule has 1 aromatic heterocycles. The normalized spacial score (nSPS) is 19.5. The van der Waals surface area contributed by atoms with Gasteiger partial charge in [0, 0.05) is 23.7 Å². The van der Waals surface area contributed by atoms with Crippen molar-refractivity contribution in [2.45, 2.75) is 44.1 Å². The third kappa shape index (κ3) is 4.35. The van der Waals surface area contributed by atoms with Crippen LogP contribution in [0.15, 0.2) is 53.4 Å². The van der Waals surface area contributed by atoms with Gasteiger partial charge in [-0.05, 0) is 62.4 Å². The molecule has 0 saturated carbocycles. The molecule has 9 heteroatoms. The lowest BCUT2D eigenvalue weighted by atomic mass is 10.00. The lowest BCUT2D eigenvalue weighted by molar-refractivity contribution is 0.0680. The molecule has 8 nitrogen and oxygen atoms in total. The largest absolute Gasteiger partial charge is 0.472 e. The van der Waals surface area contributed by atoms with E-state index in [0.29, 0.717) is 24.3 Å². The van der Waals surface area contributed by atoms with E-state index in [1.54, 1.807) is 23.1 Å². The van der Waals surface area contributed by atoms with Gasteiger partial charge < -0.3 is 9.64 Å². The second-order valence-corrected chi connectivity index (χ2v) is 10.5. The molecule has 0 unspecified atom stereocenters. The van der Waals surface area contributed by atoms with Crippen molar-refractivity contribution in [2.75, 3.05) is 17.8 Å². The van der Waals surface area contributed by atoms with Crippen LogP contribution in [0.1, 0.15) is 40.7 Å². The van der Waals surface area contributed by atoms with Gasteiger partial charge in [-0.25, -0.2) is 18.1 Å². The van der Waals surface area contributed by atoms with Crippen LogP contribution in [0.25, 0.3) is 11.3 Å². The second kappa shape index (κ2) is 8.72. The van der Waals surface area contributed by atoms with Crippen LogP contribution < -0.4 is 9.46 Å². The molecule has 176 valence electrons. The summed E-state index contributed by atoms with van der Waals surface area (Å²) in [4.78, 5) is 23.9. The molecule has 3 heterocycles. The molecule has 0 spiro atoms. The van der Waals surface area contributed by atoms with Gasteiger partial charge in [0.2, 0.25) is 11.8 Å². The Morgan fingerprint density at radius 2 is 1.79 bits per heavy atom. The average Bonchev–Trinajstić information content (AvgIpc) is 3.03. The molecule has 2 aliphatic heterocycles. The number of fused-ring (bicyclic) bond motifs is 6. The lowest BCUT2D eigenvalue weighted by Crippen LogP contribution is -2.38. The molecule has 34 heavy (non-hydrogen) atoms. The molecule has 3 aromatic rings. The Morgan fingerprint density at radius 3 is 2.59 bits per heavy atom. The van der Waals surface area contributed by atoms with Crippen molar-refractivity contribution in [3.05, 3.63) is 65.2 Å². The van der Waals surface area contributed by atoms with Crippen LogP contribution >= 0.6 is 0 Å². The Bertz CT molecular complexity index is 1350. The minimum atomic E-state index is -4.03. The van der Waals surface area contributed by atoms with Crippen molar-refractivity contribution in [1.29, 1.82) is 0 Å². The van der Waals surface area contributed by atoms with Gasteiger partial charge in [-0.15, -0.1) is 0 Å². The van der Waals surface area contributed by atoms with Crippen molar-refractivity contribution in [1.82, 2.24) is 14.9 Å². The number of nitrogens with one attached hydrogen (secondary N) is 1. The van der Waals surface area contributed by atoms with Crippen LogP contribution in [-0.2, 0) is 10.0 Å². The number of aromatic nitrogens is 2. The summed E-state index contributed by atoms with van der Waals surface area (Å²) in [5.41, 5.74) is 3.82. The zero-order valence-corrected chi connectivity index (χ0v) is 19.9.